The molecule has 0 amide bonds. The molecule has 0 aliphatic carbocycles. The molecule has 4 N–H and O–H groups in total. The van der Waals surface area contributed by atoms with E-state index in [0.717, 1.165) is 5.56 Å². The van der Waals surface area contributed by atoms with E-state index in [9.17, 15) is 15.3 Å². The Kier molecular flexibility index (Phi) is 5.20. The lowest BCUT2D eigenvalue weighted by Gasteiger charge is -2.39. The lowest BCUT2D eigenvalue weighted by molar-refractivity contribution is -0.205. The molecule has 5 atom stereocenters. The van der Waals surface area contributed by atoms with Gasteiger partial charge in [-0.2, -0.15) is 0 Å². The lowest BCUT2D eigenvalue weighted by atomic mass is 10.0. The highest BCUT2D eigenvalue weighted by molar-refractivity contribution is 7.99. The summed E-state index contributed by atoms with van der Waals surface area (Å²) in [6.45, 7) is -0.395. The summed E-state index contributed by atoms with van der Waals surface area (Å²) in [6, 6.07) is 9.67. The van der Waals surface area contributed by atoms with Crippen LogP contribution < -0.4 is 0 Å². The van der Waals surface area contributed by atoms with Crippen molar-refractivity contribution in [3.05, 3.63) is 35.9 Å². The highest BCUT2D eigenvalue weighted by Crippen LogP contribution is 2.30. The Hall–Kier alpha value is -0.630. The number of aliphatic hydroxyl groups is 4. The van der Waals surface area contributed by atoms with Crippen LogP contribution in [0, 0.1) is 0 Å². The van der Waals surface area contributed by atoms with E-state index in [2.05, 4.69) is 0 Å². The van der Waals surface area contributed by atoms with Gasteiger partial charge in [0, 0.05) is 5.75 Å². The monoisotopic (exact) mass is 286 g/mol. The molecule has 106 valence electrons. The second kappa shape index (κ2) is 6.69. The van der Waals surface area contributed by atoms with E-state index in [1.54, 1.807) is 0 Å². The molecule has 1 unspecified atom stereocenters. The Morgan fingerprint density at radius 3 is 2.32 bits per heavy atom. The summed E-state index contributed by atoms with van der Waals surface area (Å²) in [5, 5.41) is 38.3. The van der Waals surface area contributed by atoms with E-state index in [1.807, 2.05) is 30.3 Å². The van der Waals surface area contributed by atoms with Gasteiger partial charge in [-0.1, -0.05) is 30.3 Å². The van der Waals surface area contributed by atoms with Crippen LogP contribution in [0.25, 0.3) is 0 Å². The highest BCUT2D eigenvalue weighted by Gasteiger charge is 2.43. The first-order valence-electron chi connectivity index (χ1n) is 6.09. The SMILES string of the molecule is OC[C@H]1OC(SCc2ccccc2)[C@H](O)[C@@H](O)[C@H]1O. The van der Waals surface area contributed by atoms with E-state index in [1.165, 1.54) is 11.8 Å². The van der Waals surface area contributed by atoms with Gasteiger partial charge in [0.05, 0.1) is 6.61 Å². The molecule has 1 aromatic rings. The summed E-state index contributed by atoms with van der Waals surface area (Å²) in [6.07, 6.45) is -4.62. The lowest BCUT2D eigenvalue weighted by Crippen LogP contribution is -2.57. The van der Waals surface area contributed by atoms with Crippen LogP contribution in [0.2, 0.25) is 0 Å². The van der Waals surface area contributed by atoms with Gasteiger partial charge in [0.1, 0.15) is 29.9 Å². The Bertz CT molecular complexity index is 386. The van der Waals surface area contributed by atoms with Gasteiger partial charge in [-0.05, 0) is 5.56 Å². The fourth-order valence-electron chi connectivity index (χ4n) is 1.96. The third kappa shape index (κ3) is 3.47. The highest BCUT2D eigenvalue weighted by atomic mass is 32.2. The van der Waals surface area contributed by atoms with Crippen molar-refractivity contribution in [1.29, 1.82) is 0 Å². The van der Waals surface area contributed by atoms with Crippen LogP contribution in [0.4, 0.5) is 0 Å². The number of thioether (sulfide) groups is 1. The summed E-state index contributed by atoms with van der Waals surface area (Å²) in [4.78, 5) is 0. The summed E-state index contributed by atoms with van der Waals surface area (Å²) < 4.78 is 5.41. The van der Waals surface area contributed by atoms with Crippen LogP contribution in [0.5, 0.6) is 0 Å². The minimum Gasteiger partial charge on any atom is -0.394 e. The zero-order valence-corrected chi connectivity index (χ0v) is 11.1. The summed E-state index contributed by atoms with van der Waals surface area (Å²) in [5.41, 5.74) is 0.403. The molecule has 1 aliphatic heterocycles. The van der Waals surface area contributed by atoms with Gasteiger partial charge in [-0.3, -0.25) is 0 Å². The second-order valence-electron chi connectivity index (χ2n) is 4.49. The van der Waals surface area contributed by atoms with Crippen LogP contribution in [-0.2, 0) is 10.5 Å². The molecule has 0 aromatic heterocycles. The topological polar surface area (TPSA) is 90.2 Å². The van der Waals surface area contributed by atoms with Crippen molar-refractivity contribution in [3.63, 3.8) is 0 Å². The zero-order valence-electron chi connectivity index (χ0n) is 10.3. The van der Waals surface area contributed by atoms with Crippen molar-refractivity contribution >= 4 is 11.8 Å². The van der Waals surface area contributed by atoms with Gasteiger partial charge in [0.15, 0.2) is 0 Å². The van der Waals surface area contributed by atoms with Crippen LogP contribution in [0.15, 0.2) is 30.3 Å². The molecule has 19 heavy (non-hydrogen) atoms. The molecule has 0 saturated carbocycles. The van der Waals surface area contributed by atoms with E-state index in [4.69, 9.17) is 9.84 Å². The number of benzene rings is 1. The Labute approximate surface area is 115 Å². The molecule has 1 heterocycles. The van der Waals surface area contributed by atoms with Gasteiger partial charge >= 0.3 is 0 Å². The van der Waals surface area contributed by atoms with Gasteiger partial charge in [-0.25, -0.2) is 0 Å². The maximum absolute atomic E-state index is 9.86. The largest absolute Gasteiger partial charge is 0.394 e. The molecule has 1 fully saturated rings. The van der Waals surface area contributed by atoms with Crippen molar-refractivity contribution in [3.8, 4) is 0 Å². The van der Waals surface area contributed by atoms with E-state index < -0.39 is 36.5 Å². The van der Waals surface area contributed by atoms with Gasteiger partial charge in [-0.15, -0.1) is 11.8 Å². The van der Waals surface area contributed by atoms with E-state index in [0.29, 0.717) is 5.75 Å². The number of aliphatic hydroxyl groups excluding tert-OH is 4. The minimum atomic E-state index is -1.31. The fourth-order valence-corrected chi connectivity index (χ4v) is 3.09. The third-order valence-electron chi connectivity index (χ3n) is 3.11. The van der Waals surface area contributed by atoms with Crippen LogP contribution in [0.3, 0.4) is 0 Å². The van der Waals surface area contributed by atoms with Crippen molar-refractivity contribution in [1.82, 2.24) is 0 Å². The van der Waals surface area contributed by atoms with Crippen molar-refractivity contribution in [2.45, 2.75) is 35.6 Å². The van der Waals surface area contributed by atoms with Gasteiger partial charge < -0.3 is 25.2 Å². The van der Waals surface area contributed by atoms with Crippen molar-refractivity contribution < 1.29 is 25.2 Å². The predicted octanol–water partition coefficient (Wildman–Crippen LogP) is -0.280. The molecular weight excluding hydrogens is 268 g/mol. The molecule has 5 nitrogen and oxygen atoms in total. The molecule has 1 saturated heterocycles. The number of hydrogen-bond donors (Lipinski definition) is 4. The summed E-state index contributed by atoms with van der Waals surface area (Å²) in [5.74, 6) is 0.615. The van der Waals surface area contributed by atoms with Gasteiger partial charge in [0.2, 0.25) is 0 Å². The van der Waals surface area contributed by atoms with E-state index in [-0.39, 0.29) is 0 Å². The molecule has 6 heteroatoms. The molecule has 0 spiro atoms. The molecule has 1 aromatic carbocycles. The maximum atomic E-state index is 9.86. The standard InChI is InChI=1S/C13H18O5S/c14-6-9-10(15)11(16)12(17)13(18-9)19-7-8-4-2-1-3-5-8/h1-5,9-17H,6-7H2/t9-,10+,11+,12-,13?/m1/s1. The average Bonchev–Trinajstić information content (AvgIpc) is 2.45. The minimum absolute atomic E-state index is 0.395. The third-order valence-corrected chi connectivity index (χ3v) is 4.32. The molecular formula is C13H18O5S. The molecule has 2 rings (SSSR count). The van der Waals surface area contributed by atoms with Crippen molar-refractivity contribution in [2.24, 2.45) is 0 Å². The predicted molar refractivity (Wildman–Crippen MR) is 71.5 cm³/mol. The number of rotatable bonds is 4. The van der Waals surface area contributed by atoms with Crippen LogP contribution >= 0.6 is 11.8 Å². The zero-order chi connectivity index (χ0) is 13.8. The first-order valence-corrected chi connectivity index (χ1v) is 7.14. The van der Waals surface area contributed by atoms with Crippen molar-refractivity contribution in [2.75, 3.05) is 6.61 Å². The first-order chi connectivity index (χ1) is 9.13. The number of hydrogen-bond acceptors (Lipinski definition) is 6. The smallest absolute Gasteiger partial charge is 0.132 e. The Balaban J connectivity index is 1.95. The van der Waals surface area contributed by atoms with Gasteiger partial charge in [0.25, 0.3) is 0 Å². The van der Waals surface area contributed by atoms with E-state index >= 15 is 0 Å². The normalized spacial score (nSPS) is 35.3. The fraction of sp³-hybridized carbons (Fsp3) is 0.538. The Morgan fingerprint density at radius 1 is 1.00 bits per heavy atom. The maximum Gasteiger partial charge on any atom is 0.132 e. The second-order valence-corrected chi connectivity index (χ2v) is 5.58. The average molecular weight is 286 g/mol. The summed E-state index contributed by atoms with van der Waals surface area (Å²) in [7, 11) is 0. The summed E-state index contributed by atoms with van der Waals surface area (Å²) >= 11 is 1.33. The molecule has 1 aliphatic rings. The first kappa shape index (κ1) is 14.8. The van der Waals surface area contributed by atoms with Crippen LogP contribution in [-0.4, -0.2) is 56.9 Å². The quantitative estimate of drug-likeness (QED) is 0.609. The Morgan fingerprint density at radius 2 is 1.68 bits per heavy atom. The molecule has 0 bridgehead atoms. The number of ether oxygens (including phenoxy) is 1. The van der Waals surface area contributed by atoms with Crippen LogP contribution in [0.1, 0.15) is 5.56 Å². The molecule has 0 radical (unpaired) electrons.